The van der Waals surface area contributed by atoms with Gasteiger partial charge in [-0.05, 0) is 19.1 Å². The molecule has 82 valence electrons. The SMILES string of the molecule is COc1cccc(NC(C)CC(N)=S)c1. The maximum atomic E-state index is 5.47. The fourth-order valence-corrected chi connectivity index (χ4v) is 1.60. The van der Waals surface area contributed by atoms with Crippen LogP contribution >= 0.6 is 12.2 Å². The van der Waals surface area contributed by atoms with E-state index in [2.05, 4.69) is 5.32 Å². The molecule has 0 spiro atoms. The molecule has 3 N–H and O–H groups in total. The fourth-order valence-electron chi connectivity index (χ4n) is 1.35. The molecule has 0 aromatic heterocycles. The van der Waals surface area contributed by atoms with E-state index in [0.29, 0.717) is 11.4 Å². The monoisotopic (exact) mass is 224 g/mol. The highest BCUT2D eigenvalue weighted by molar-refractivity contribution is 7.80. The van der Waals surface area contributed by atoms with Gasteiger partial charge >= 0.3 is 0 Å². The van der Waals surface area contributed by atoms with E-state index >= 15 is 0 Å². The Labute approximate surface area is 95.6 Å². The lowest BCUT2D eigenvalue weighted by Crippen LogP contribution is -2.22. The number of methoxy groups -OCH3 is 1. The third kappa shape index (κ3) is 4.16. The van der Waals surface area contributed by atoms with Gasteiger partial charge in [-0.25, -0.2) is 0 Å². The summed E-state index contributed by atoms with van der Waals surface area (Å²) in [4.78, 5) is 0.526. The molecule has 0 saturated carbocycles. The van der Waals surface area contributed by atoms with Gasteiger partial charge in [0.1, 0.15) is 5.75 Å². The molecule has 0 heterocycles. The average molecular weight is 224 g/mol. The molecule has 0 bridgehead atoms. The summed E-state index contributed by atoms with van der Waals surface area (Å²) in [6, 6.07) is 8.00. The molecule has 3 nitrogen and oxygen atoms in total. The summed E-state index contributed by atoms with van der Waals surface area (Å²) in [7, 11) is 1.65. The van der Waals surface area contributed by atoms with Gasteiger partial charge in [0.2, 0.25) is 0 Å². The molecule has 0 amide bonds. The molecule has 0 aliphatic carbocycles. The Bertz CT molecular complexity index is 341. The molecule has 1 rings (SSSR count). The zero-order valence-electron chi connectivity index (χ0n) is 8.99. The number of nitrogens with two attached hydrogens (primary N) is 1. The second-order valence-electron chi connectivity index (χ2n) is 3.45. The summed E-state index contributed by atoms with van der Waals surface area (Å²) in [5, 5.41) is 3.30. The van der Waals surface area contributed by atoms with Crippen LogP contribution in [0.3, 0.4) is 0 Å². The van der Waals surface area contributed by atoms with Crippen LogP contribution in [0, 0.1) is 0 Å². The lowest BCUT2D eigenvalue weighted by Gasteiger charge is -2.14. The second-order valence-corrected chi connectivity index (χ2v) is 3.97. The van der Waals surface area contributed by atoms with Crippen LogP contribution in [0.5, 0.6) is 5.75 Å². The van der Waals surface area contributed by atoms with E-state index in [-0.39, 0.29) is 6.04 Å². The Balaban J connectivity index is 2.59. The van der Waals surface area contributed by atoms with Crippen molar-refractivity contribution in [2.24, 2.45) is 5.73 Å². The van der Waals surface area contributed by atoms with Gasteiger partial charge in [0.15, 0.2) is 0 Å². The highest BCUT2D eigenvalue weighted by Crippen LogP contribution is 2.17. The molecular formula is C11H16N2OS. The Morgan fingerprint density at radius 3 is 2.93 bits per heavy atom. The Morgan fingerprint density at radius 2 is 2.33 bits per heavy atom. The van der Waals surface area contributed by atoms with Crippen molar-refractivity contribution in [2.45, 2.75) is 19.4 Å². The topological polar surface area (TPSA) is 47.3 Å². The van der Waals surface area contributed by atoms with Gasteiger partial charge in [-0.3, -0.25) is 0 Å². The van der Waals surface area contributed by atoms with Gasteiger partial charge in [-0.1, -0.05) is 18.3 Å². The van der Waals surface area contributed by atoms with Gasteiger partial charge in [-0.15, -0.1) is 0 Å². The first-order chi connectivity index (χ1) is 7.11. The molecule has 1 atom stereocenters. The molecule has 0 fully saturated rings. The zero-order chi connectivity index (χ0) is 11.3. The maximum absolute atomic E-state index is 5.47. The number of hydrogen-bond acceptors (Lipinski definition) is 3. The van der Waals surface area contributed by atoms with Crippen molar-refractivity contribution >= 4 is 22.9 Å². The number of thiocarbonyl (C=S) groups is 1. The third-order valence-corrected chi connectivity index (χ3v) is 2.16. The highest BCUT2D eigenvalue weighted by atomic mass is 32.1. The summed E-state index contributed by atoms with van der Waals surface area (Å²) in [5.41, 5.74) is 6.48. The van der Waals surface area contributed by atoms with E-state index in [1.165, 1.54) is 0 Å². The highest BCUT2D eigenvalue weighted by Gasteiger charge is 2.03. The van der Waals surface area contributed by atoms with Crippen molar-refractivity contribution in [1.29, 1.82) is 0 Å². The van der Waals surface area contributed by atoms with Crippen LogP contribution in [-0.4, -0.2) is 18.1 Å². The van der Waals surface area contributed by atoms with E-state index in [1.807, 2.05) is 31.2 Å². The quantitative estimate of drug-likeness (QED) is 0.753. The summed E-state index contributed by atoms with van der Waals surface area (Å²) >= 11 is 4.85. The standard InChI is InChI=1S/C11H16N2OS/c1-8(6-11(12)15)13-9-4-3-5-10(7-9)14-2/h3-5,7-8,13H,6H2,1-2H3,(H2,12,15). The number of anilines is 1. The van der Waals surface area contributed by atoms with Crippen molar-refractivity contribution < 1.29 is 4.74 Å². The van der Waals surface area contributed by atoms with Crippen LogP contribution in [0.4, 0.5) is 5.69 Å². The van der Waals surface area contributed by atoms with Crippen molar-refractivity contribution in [3.63, 3.8) is 0 Å². The van der Waals surface area contributed by atoms with Crippen LogP contribution in [0.2, 0.25) is 0 Å². The largest absolute Gasteiger partial charge is 0.497 e. The van der Waals surface area contributed by atoms with Gasteiger partial charge in [0, 0.05) is 24.2 Å². The van der Waals surface area contributed by atoms with Crippen molar-refractivity contribution in [1.82, 2.24) is 0 Å². The predicted molar refractivity (Wildman–Crippen MR) is 67.5 cm³/mol. The molecule has 1 aromatic rings. The molecule has 1 unspecified atom stereocenters. The summed E-state index contributed by atoms with van der Waals surface area (Å²) in [6.45, 7) is 2.04. The second kappa shape index (κ2) is 5.56. The number of rotatable bonds is 5. The summed E-state index contributed by atoms with van der Waals surface area (Å²) in [5.74, 6) is 0.836. The van der Waals surface area contributed by atoms with E-state index in [9.17, 15) is 0 Å². The lowest BCUT2D eigenvalue weighted by atomic mass is 10.2. The first-order valence-corrected chi connectivity index (χ1v) is 5.21. The minimum Gasteiger partial charge on any atom is -0.497 e. The van der Waals surface area contributed by atoms with E-state index in [0.717, 1.165) is 11.4 Å². The van der Waals surface area contributed by atoms with Crippen molar-refractivity contribution in [3.8, 4) is 5.75 Å². The molecule has 0 aliphatic heterocycles. The summed E-state index contributed by atoms with van der Waals surface area (Å²) in [6.07, 6.45) is 0.687. The first kappa shape index (κ1) is 11.8. The van der Waals surface area contributed by atoms with Gasteiger partial charge < -0.3 is 15.8 Å². The Morgan fingerprint density at radius 1 is 1.60 bits per heavy atom. The zero-order valence-corrected chi connectivity index (χ0v) is 9.80. The Hall–Kier alpha value is -1.29. The predicted octanol–water partition coefficient (Wildman–Crippen LogP) is 2.17. The van der Waals surface area contributed by atoms with Crippen LogP contribution < -0.4 is 15.8 Å². The van der Waals surface area contributed by atoms with Crippen molar-refractivity contribution in [2.75, 3.05) is 12.4 Å². The average Bonchev–Trinajstić information content (AvgIpc) is 2.16. The molecule has 15 heavy (non-hydrogen) atoms. The molecule has 4 heteroatoms. The normalized spacial score (nSPS) is 11.9. The molecular weight excluding hydrogens is 208 g/mol. The number of benzene rings is 1. The lowest BCUT2D eigenvalue weighted by molar-refractivity contribution is 0.415. The Kier molecular flexibility index (Phi) is 4.37. The minimum atomic E-state index is 0.231. The molecule has 0 radical (unpaired) electrons. The van der Waals surface area contributed by atoms with Crippen LogP contribution in [0.1, 0.15) is 13.3 Å². The smallest absolute Gasteiger partial charge is 0.120 e. The van der Waals surface area contributed by atoms with Crippen LogP contribution in [-0.2, 0) is 0 Å². The van der Waals surface area contributed by atoms with Gasteiger partial charge in [0.05, 0.1) is 12.1 Å². The molecule has 0 aliphatic rings. The van der Waals surface area contributed by atoms with Gasteiger partial charge in [0.25, 0.3) is 0 Å². The summed E-state index contributed by atoms with van der Waals surface area (Å²) < 4.78 is 5.13. The van der Waals surface area contributed by atoms with Gasteiger partial charge in [-0.2, -0.15) is 0 Å². The number of ether oxygens (including phenoxy) is 1. The maximum Gasteiger partial charge on any atom is 0.120 e. The molecule has 0 saturated heterocycles. The van der Waals surface area contributed by atoms with Crippen LogP contribution in [0.25, 0.3) is 0 Å². The minimum absolute atomic E-state index is 0.231. The van der Waals surface area contributed by atoms with Crippen molar-refractivity contribution in [3.05, 3.63) is 24.3 Å². The van der Waals surface area contributed by atoms with E-state index in [4.69, 9.17) is 22.7 Å². The van der Waals surface area contributed by atoms with Crippen LogP contribution in [0.15, 0.2) is 24.3 Å². The number of nitrogens with one attached hydrogen (secondary N) is 1. The first-order valence-electron chi connectivity index (χ1n) is 4.80. The number of hydrogen-bond donors (Lipinski definition) is 2. The van der Waals surface area contributed by atoms with E-state index < -0.39 is 0 Å². The third-order valence-electron chi connectivity index (χ3n) is 1.99. The van der Waals surface area contributed by atoms with E-state index in [1.54, 1.807) is 7.11 Å². The fraction of sp³-hybridized carbons (Fsp3) is 0.364. The molecule has 1 aromatic carbocycles.